The van der Waals surface area contributed by atoms with Crippen molar-refractivity contribution < 1.29 is 22.7 Å². The van der Waals surface area contributed by atoms with Gasteiger partial charge < -0.3 is 10.1 Å². The summed E-state index contributed by atoms with van der Waals surface area (Å²) in [5.74, 6) is 0.197. The predicted octanol–water partition coefficient (Wildman–Crippen LogP) is 7.69. The second-order valence-corrected chi connectivity index (χ2v) is 8.74. The molecule has 0 saturated heterocycles. The zero-order valence-corrected chi connectivity index (χ0v) is 19.2. The highest BCUT2D eigenvalue weighted by atomic mass is 79.9. The molecule has 0 aromatic heterocycles. The van der Waals surface area contributed by atoms with Crippen molar-refractivity contribution in [2.45, 2.75) is 12.8 Å². The molecule has 3 nitrogen and oxygen atoms in total. The van der Waals surface area contributed by atoms with Crippen LogP contribution in [0.3, 0.4) is 0 Å². The van der Waals surface area contributed by atoms with Crippen LogP contribution in [0.25, 0.3) is 22.4 Å². The number of fused-ring (bicyclic) bond motifs is 2. The van der Waals surface area contributed by atoms with Crippen LogP contribution < -0.4 is 10.1 Å². The number of carbonyl (C=O) groups is 1. The molecule has 7 heteroatoms. The third-order valence-electron chi connectivity index (χ3n) is 5.66. The van der Waals surface area contributed by atoms with Gasteiger partial charge in [0, 0.05) is 16.8 Å². The number of nitrogens with one attached hydrogen (secondary N) is 1. The lowest BCUT2D eigenvalue weighted by Gasteiger charge is -2.11. The van der Waals surface area contributed by atoms with Crippen LogP contribution in [0.5, 0.6) is 5.75 Å². The van der Waals surface area contributed by atoms with Crippen LogP contribution in [-0.4, -0.2) is 5.91 Å². The zero-order valence-electron chi connectivity index (χ0n) is 17.6. The molecule has 0 radical (unpaired) electrons. The molecule has 1 aliphatic rings. The number of ether oxygens (including phenoxy) is 1. The highest BCUT2D eigenvalue weighted by Crippen LogP contribution is 2.39. The monoisotopic (exact) mass is 523 g/mol. The molecule has 4 aromatic rings. The first-order chi connectivity index (χ1) is 16.3. The van der Waals surface area contributed by atoms with Crippen molar-refractivity contribution >= 4 is 49.9 Å². The van der Waals surface area contributed by atoms with Crippen LogP contribution >= 0.6 is 15.9 Å². The first-order valence-corrected chi connectivity index (χ1v) is 11.2. The van der Waals surface area contributed by atoms with Crippen molar-refractivity contribution in [1.82, 2.24) is 0 Å². The van der Waals surface area contributed by atoms with Gasteiger partial charge in [-0.05, 0) is 68.2 Å². The first kappa shape index (κ1) is 22.2. The van der Waals surface area contributed by atoms with Crippen molar-refractivity contribution in [3.05, 3.63) is 106 Å². The summed E-state index contributed by atoms with van der Waals surface area (Å²) in [7, 11) is 0. The fourth-order valence-corrected chi connectivity index (χ4v) is 4.49. The second-order valence-electron chi connectivity index (χ2n) is 7.89. The highest BCUT2D eigenvalue weighted by molar-refractivity contribution is 9.10. The number of hydrogen-bond acceptors (Lipinski definition) is 2. The van der Waals surface area contributed by atoms with Gasteiger partial charge in [0.1, 0.15) is 12.4 Å². The van der Waals surface area contributed by atoms with Gasteiger partial charge >= 0.3 is 6.18 Å². The summed E-state index contributed by atoms with van der Waals surface area (Å²) in [6, 6.07) is 22.8. The topological polar surface area (TPSA) is 38.3 Å². The Morgan fingerprint density at radius 3 is 2.53 bits per heavy atom. The largest absolute Gasteiger partial charge is 0.488 e. The molecule has 0 aliphatic carbocycles. The molecule has 0 unspecified atom stereocenters. The Hall–Kier alpha value is -3.58. The quantitative estimate of drug-likeness (QED) is 0.278. The summed E-state index contributed by atoms with van der Waals surface area (Å²) in [4.78, 5) is 12.4. The summed E-state index contributed by atoms with van der Waals surface area (Å²) in [6.07, 6.45) is -2.83. The molecule has 170 valence electrons. The summed E-state index contributed by atoms with van der Waals surface area (Å²) < 4.78 is 45.7. The molecule has 34 heavy (non-hydrogen) atoms. The fourth-order valence-electron chi connectivity index (χ4n) is 3.98. The molecule has 0 fully saturated rings. The van der Waals surface area contributed by atoms with Crippen molar-refractivity contribution in [3.8, 4) is 5.75 Å². The number of alkyl halides is 3. The van der Waals surface area contributed by atoms with Crippen LogP contribution in [0, 0.1) is 0 Å². The first-order valence-electron chi connectivity index (χ1n) is 10.4. The third kappa shape index (κ3) is 4.31. The maximum absolute atomic E-state index is 13.0. The fraction of sp³-hybridized carbons (Fsp3) is 0.0741. The summed E-state index contributed by atoms with van der Waals surface area (Å²) in [5, 5.41) is 4.78. The number of amides is 1. The minimum Gasteiger partial charge on any atom is -0.488 e. The molecule has 0 saturated carbocycles. The molecular formula is C27H17BrF3NO2. The average molecular weight is 524 g/mol. The molecule has 5 rings (SSSR count). The van der Waals surface area contributed by atoms with E-state index < -0.39 is 17.6 Å². The van der Waals surface area contributed by atoms with Gasteiger partial charge in [-0.1, -0.05) is 54.6 Å². The van der Waals surface area contributed by atoms with E-state index in [2.05, 4.69) is 39.4 Å². The van der Waals surface area contributed by atoms with Crippen molar-refractivity contribution in [2.75, 3.05) is 5.32 Å². The number of carbonyl (C=O) groups excluding carboxylic acids is 1. The lowest BCUT2D eigenvalue weighted by molar-refractivity contribution is -0.137. The van der Waals surface area contributed by atoms with Gasteiger partial charge in [-0.2, -0.15) is 13.2 Å². The number of benzene rings is 4. The molecule has 4 aromatic carbocycles. The maximum Gasteiger partial charge on any atom is 0.416 e. The van der Waals surface area contributed by atoms with Gasteiger partial charge in [-0.3, -0.25) is 4.79 Å². The average Bonchev–Trinajstić information content (AvgIpc) is 3.12. The van der Waals surface area contributed by atoms with Crippen LogP contribution in [0.1, 0.15) is 22.3 Å². The van der Waals surface area contributed by atoms with Crippen molar-refractivity contribution in [1.29, 1.82) is 0 Å². The van der Waals surface area contributed by atoms with Crippen molar-refractivity contribution in [3.63, 3.8) is 0 Å². The van der Waals surface area contributed by atoms with E-state index in [9.17, 15) is 18.0 Å². The van der Waals surface area contributed by atoms with Crippen molar-refractivity contribution in [2.24, 2.45) is 0 Å². The third-order valence-corrected chi connectivity index (χ3v) is 6.28. The number of halogens is 4. The molecular weight excluding hydrogens is 507 g/mol. The standard InChI is InChI=1S/C27H17BrF3NO2/c28-23-13-16(12-22-21-10-9-19(27(29,30)31)14-24(21)32-26(22)33)8-11-25(23)34-15-18-6-3-5-17-4-1-2-7-20(17)18/h1-14H,15H2,(H,32,33)/b22-12-. The van der Waals surface area contributed by atoms with E-state index in [1.54, 1.807) is 24.3 Å². The SMILES string of the molecule is O=C1Nc2cc(C(F)(F)F)ccc2/C1=C/c1ccc(OCc2cccc3ccccc23)c(Br)c1. The van der Waals surface area contributed by atoms with E-state index in [-0.39, 0.29) is 5.69 Å². The second kappa shape index (κ2) is 8.65. The molecule has 0 spiro atoms. The van der Waals surface area contributed by atoms with Crippen LogP contribution in [0.15, 0.2) is 83.3 Å². The highest BCUT2D eigenvalue weighted by Gasteiger charge is 2.33. The molecule has 1 amide bonds. The summed E-state index contributed by atoms with van der Waals surface area (Å²) >= 11 is 3.52. The minimum atomic E-state index is -4.47. The van der Waals surface area contributed by atoms with Gasteiger partial charge in [0.05, 0.1) is 10.0 Å². The molecule has 0 atom stereocenters. The lowest BCUT2D eigenvalue weighted by Crippen LogP contribution is -2.06. The summed E-state index contributed by atoms with van der Waals surface area (Å²) in [5.41, 5.74) is 1.87. The lowest BCUT2D eigenvalue weighted by atomic mass is 10.0. The molecule has 0 bridgehead atoms. The predicted molar refractivity (Wildman–Crippen MR) is 130 cm³/mol. The van der Waals surface area contributed by atoms with Gasteiger partial charge in [0.15, 0.2) is 0 Å². The number of rotatable bonds is 4. The zero-order chi connectivity index (χ0) is 23.9. The van der Waals surface area contributed by atoms with E-state index in [0.29, 0.717) is 33.5 Å². The van der Waals surface area contributed by atoms with E-state index in [1.807, 2.05) is 24.3 Å². The maximum atomic E-state index is 13.0. The number of anilines is 1. The Morgan fingerprint density at radius 1 is 0.941 bits per heavy atom. The Morgan fingerprint density at radius 2 is 1.74 bits per heavy atom. The van der Waals surface area contributed by atoms with Gasteiger partial charge in [-0.15, -0.1) is 0 Å². The van der Waals surface area contributed by atoms with E-state index >= 15 is 0 Å². The van der Waals surface area contributed by atoms with Crippen LogP contribution in [-0.2, 0) is 17.6 Å². The Bertz CT molecular complexity index is 1450. The minimum absolute atomic E-state index is 0.153. The normalized spacial score (nSPS) is 14.4. The summed E-state index contributed by atoms with van der Waals surface area (Å²) in [6.45, 7) is 0.387. The Kier molecular flexibility index (Phi) is 5.65. The van der Waals surface area contributed by atoms with E-state index in [4.69, 9.17) is 4.74 Å². The smallest absolute Gasteiger partial charge is 0.416 e. The van der Waals surface area contributed by atoms with Crippen LogP contribution in [0.2, 0.25) is 0 Å². The van der Waals surface area contributed by atoms with E-state index in [1.165, 1.54) is 6.07 Å². The molecule has 1 heterocycles. The number of hydrogen-bond donors (Lipinski definition) is 1. The van der Waals surface area contributed by atoms with E-state index in [0.717, 1.165) is 28.5 Å². The molecule has 1 aliphatic heterocycles. The van der Waals surface area contributed by atoms with Gasteiger partial charge in [0.2, 0.25) is 0 Å². The van der Waals surface area contributed by atoms with Gasteiger partial charge in [0.25, 0.3) is 5.91 Å². The van der Waals surface area contributed by atoms with Crippen LogP contribution in [0.4, 0.5) is 18.9 Å². The molecule has 1 N–H and O–H groups in total. The Balaban J connectivity index is 1.38. The van der Waals surface area contributed by atoms with Gasteiger partial charge in [-0.25, -0.2) is 0 Å². The Labute approximate surface area is 202 Å².